The molecule has 0 aliphatic carbocycles. The molecule has 0 radical (unpaired) electrons. The molecule has 1 fully saturated rings. The number of aromatic amines is 1. The fourth-order valence-electron chi connectivity index (χ4n) is 3.20. The van der Waals surface area contributed by atoms with E-state index in [2.05, 4.69) is 18.1 Å². The molecule has 1 aromatic carbocycles. The van der Waals surface area contributed by atoms with E-state index in [1.165, 1.54) is 6.20 Å². The van der Waals surface area contributed by atoms with Gasteiger partial charge in [-0.2, -0.15) is 8.62 Å². The van der Waals surface area contributed by atoms with Crippen LogP contribution in [0.1, 0.15) is 23.8 Å². The Morgan fingerprint density at radius 2 is 1.68 bits per heavy atom. The van der Waals surface area contributed by atoms with E-state index >= 15 is 0 Å². The van der Waals surface area contributed by atoms with Crippen molar-refractivity contribution in [2.24, 2.45) is 0 Å². The second kappa shape index (κ2) is 11.9. The summed E-state index contributed by atoms with van der Waals surface area (Å²) in [4.78, 5) is 62.4. The van der Waals surface area contributed by atoms with Crippen LogP contribution >= 0.6 is 23.5 Å². The quantitative estimate of drug-likeness (QED) is 0.182. The lowest BCUT2D eigenvalue weighted by atomic mass is 10.2. The Hall–Kier alpha value is -1.81. The first-order valence-corrected chi connectivity index (χ1v) is 14.7. The van der Waals surface area contributed by atoms with Crippen molar-refractivity contribution < 1.29 is 61.0 Å². The molecule has 206 valence electrons. The summed E-state index contributed by atoms with van der Waals surface area (Å²) in [6.07, 6.45) is -2.92. The summed E-state index contributed by atoms with van der Waals surface area (Å²) in [7, 11) is -16.7. The highest BCUT2D eigenvalue weighted by Crippen LogP contribution is 2.66. The highest BCUT2D eigenvalue weighted by atomic mass is 31.3. The molecule has 20 heteroatoms. The molecule has 0 bridgehead atoms. The lowest BCUT2D eigenvalue weighted by molar-refractivity contribution is -0.0452. The van der Waals surface area contributed by atoms with Gasteiger partial charge in [0.1, 0.15) is 12.3 Å². The van der Waals surface area contributed by atoms with Gasteiger partial charge in [-0.25, -0.2) is 18.5 Å². The number of rotatable bonds is 12. The third kappa shape index (κ3) is 9.16. The number of H-pyrrole nitrogens is 1. The minimum Gasteiger partial charge on any atom is -0.390 e. The van der Waals surface area contributed by atoms with Crippen molar-refractivity contribution in [2.75, 3.05) is 6.61 Å². The summed E-state index contributed by atoms with van der Waals surface area (Å²) in [5.74, 6) is 0. The van der Waals surface area contributed by atoms with Crippen LogP contribution in [-0.4, -0.2) is 53.0 Å². The van der Waals surface area contributed by atoms with Gasteiger partial charge in [-0.1, -0.05) is 30.3 Å². The van der Waals surface area contributed by atoms with Crippen molar-refractivity contribution in [3.8, 4) is 0 Å². The van der Waals surface area contributed by atoms with Gasteiger partial charge in [0.15, 0.2) is 0 Å². The van der Waals surface area contributed by atoms with E-state index in [-0.39, 0.29) is 25.2 Å². The summed E-state index contributed by atoms with van der Waals surface area (Å²) in [6, 6.07) is 9.10. The van der Waals surface area contributed by atoms with Crippen LogP contribution < -0.4 is 11.2 Å². The molecule has 3 rings (SSSR count). The van der Waals surface area contributed by atoms with Crippen molar-refractivity contribution in [3.05, 3.63) is 68.5 Å². The molecule has 0 amide bonds. The van der Waals surface area contributed by atoms with E-state index in [9.17, 15) is 38.2 Å². The van der Waals surface area contributed by atoms with Crippen LogP contribution in [0.15, 0.2) is 46.1 Å². The van der Waals surface area contributed by atoms with Crippen LogP contribution in [-0.2, 0) is 49.5 Å². The molecule has 1 aliphatic heterocycles. The van der Waals surface area contributed by atoms with Gasteiger partial charge in [0, 0.05) is 12.6 Å². The standard InChI is InChI=1S/C17H23N2O15P3/c20-13-6-15(32-14(13)10-31-36(26,27)34-37(28,29)33-35(23,24)25)19-7-12(16(21)18-17(19)22)9-30-8-11-4-2-1-3-5-11/h1-5,7,13-15,20H,6,8-10H2,(H,26,27)(H,28,29)(H,18,21,22)(H2,23,24,25)/t13-,14-,15-/m1/s1. The Balaban J connectivity index is 1.62. The van der Waals surface area contributed by atoms with Gasteiger partial charge in [0.2, 0.25) is 0 Å². The van der Waals surface area contributed by atoms with Gasteiger partial charge in [-0.15, -0.1) is 0 Å². The van der Waals surface area contributed by atoms with E-state index in [0.717, 1.165) is 10.1 Å². The maximum Gasteiger partial charge on any atom is 0.490 e. The average molecular weight is 588 g/mol. The molecule has 0 saturated carbocycles. The zero-order valence-corrected chi connectivity index (χ0v) is 21.3. The molecule has 1 aliphatic rings. The first-order chi connectivity index (χ1) is 17.1. The van der Waals surface area contributed by atoms with Crippen LogP contribution in [0.3, 0.4) is 0 Å². The molecular weight excluding hydrogens is 565 g/mol. The predicted molar refractivity (Wildman–Crippen MR) is 121 cm³/mol. The van der Waals surface area contributed by atoms with Crippen molar-refractivity contribution >= 4 is 23.5 Å². The van der Waals surface area contributed by atoms with Crippen LogP contribution in [0.25, 0.3) is 0 Å². The Morgan fingerprint density at radius 3 is 2.32 bits per heavy atom. The number of phosphoric acid groups is 3. The average Bonchev–Trinajstić information content (AvgIpc) is 3.12. The summed E-state index contributed by atoms with van der Waals surface area (Å²) in [5.41, 5.74) is -0.640. The molecule has 6 N–H and O–H groups in total. The van der Waals surface area contributed by atoms with Gasteiger partial charge in [0.05, 0.1) is 31.5 Å². The molecule has 0 spiro atoms. The van der Waals surface area contributed by atoms with E-state index in [4.69, 9.17) is 19.3 Å². The molecule has 2 aromatic rings. The molecule has 2 heterocycles. The number of aliphatic hydroxyl groups is 1. The van der Waals surface area contributed by atoms with Crippen molar-refractivity contribution in [1.82, 2.24) is 9.55 Å². The topological polar surface area (TPSA) is 253 Å². The zero-order valence-electron chi connectivity index (χ0n) is 18.6. The van der Waals surface area contributed by atoms with Crippen LogP contribution in [0.5, 0.6) is 0 Å². The SMILES string of the molecule is O=c1[nH]c(=O)n([C@H]2C[C@@H](O)[C@@H](COP(=O)(O)OP(=O)(O)OP(=O)(O)O)O2)cc1COCc1ccccc1. The van der Waals surface area contributed by atoms with Gasteiger partial charge < -0.3 is 34.2 Å². The number of hydrogen-bond acceptors (Lipinski definition) is 11. The van der Waals surface area contributed by atoms with Crippen LogP contribution in [0.4, 0.5) is 0 Å². The van der Waals surface area contributed by atoms with Gasteiger partial charge in [-0.3, -0.25) is 18.9 Å². The minimum atomic E-state index is -5.71. The monoisotopic (exact) mass is 588 g/mol. The highest BCUT2D eigenvalue weighted by molar-refractivity contribution is 7.66. The maximum atomic E-state index is 12.3. The zero-order chi connectivity index (χ0) is 27.4. The van der Waals surface area contributed by atoms with Gasteiger partial charge >= 0.3 is 29.2 Å². The lowest BCUT2D eigenvalue weighted by Gasteiger charge is -2.19. The second-order valence-electron chi connectivity index (χ2n) is 7.62. The van der Waals surface area contributed by atoms with E-state index in [1.54, 1.807) is 0 Å². The number of aliphatic hydroxyl groups excluding tert-OH is 1. The normalized spacial score (nSPS) is 23.4. The molecule has 17 nitrogen and oxygen atoms in total. The largest absolute Gasteiger partial charge is 0.490 e. The van der Waals surface area contributed by atoms with Crippen molar-refractivity contribution in [1.29, 1.82) is 0 Å². The second-order valence-corrected chi connectivity index (χ2v) is 12.0. The predicted octanol–water partition coefficient (Wildman–Crippen LogP) is 0.245. The van der Waals surface area contributed by atoms with Crippen molar-refractivity contribution in [2.45, 2.75) is 38.1 Å². The molecule has 2 unspecified atom stereocenters. The van der Waals surface area contributed by atoms with Crippen LogP contribution in [0.2, 0.25) is 0 Å². The third-order valence-corrected chi connectivity index (χ3v) is 8.55. The molecule has 5 atom stereocenters. The number of aromatic nitrogens is 2. The summed E-state index contributed by atoms with van der Waals surface area (Å²) >= 11 is 0. The van der Waals surface area contributed by atoms with E-state index in [0.29, 0.717) is 0 Å². The number of ether oxygens (including phenoxy) is 2. The molecule has 1 aromatic heterocycles. The molecule has 37 heavy (non-hydrogen) atoms. The van der Waals surface area contributed by atoms with E-state index < -0.39 is 59.8 Å². The smallest absolute Gasteiger partial charge is 0.390 e. The Bertz CT molecular complexity index is 1340. The van der Waals surface area contributed by atoms with Crippen LogP contribution in [0, 0.1) is 0 Å². The van der Waals surface area contributed by atoms with E-state index in [1.807, 2.05) is 30.3 Å². The Morgan fingerprint density at radius 1 is 1.00 bits per heavy atom. The minimum absolute atomic E-state index is 0.0744. The Kier molecular flexibility index (Phi) is 9.59. The third-order valence-electron chi connectivity index (χ3n) is 4.74. The molecule has 1 saturated heterocycles. The van der Waals surface area contributed by atoms with Gasteiger partial charge in [-0.05, 0) is 5.56 Å². The number of nitrogens with zero attached hydrogens (tertiary/aromatic N) is 1. The first kappa shape index (κ1) is 29.7. The number of phosphoric ester groups is 1. The maximum absolute atomic E-state index is 12.3. The number of hydrogen-bond donors (Lipinski definition) is 6. The summed E-state index contributed by atoms with van der Waals surface area (Å²) in [5, 5.41) is 10.2. The number of benzene rings is 1. The Labute approximate surface area is 207 Å². The first-order valence-electron chi connectivity index (χ1n) is 10.2. The number of nitrogens with one attached hydrogen (secondary N) is 1. The molecular formula is C17H23N2O15P3. The summed E-state index contributed by atoms with van der Waals surface area (Å²) < 4.78 is 57.5. The van der Waals surface area contributed by atoms with Crippen molar-refractivity contribution in [3.63, 3.8) is 0 Å². The fourth-order valence-corrected chi connectivity index (χ4v) is 6.23. The van der Waals surface area contributed by atoms with Gasteiger partial charge in [0.25, 0.3) is 5.56 Å². The fraction of sp³-hybridized carbons (Fsp3) is 0.412. The lowest BCUT2D eigenvalue weighted by Crippen LogP contribution is -2.34. The summed E-state index contributed by atoms with van der Waals surface area (Å²) in [6.45, 7) is -0.873. The highest BCUT2D eigenvalue weighted by Gasteiger charge is 2.43.